The smallest absolute Gasteiger partial charge is 0.411 e. The normalized spacial score (nSPS) is 18.9. The fourth-order valence-electron chi connectivity index (χ4n) is 4.57. The highest BCUT2D eigenvalue weighted by Crippen LogP contribution is 2.56. The van der Waals surface area contributed by atoms with Crippen molar-refractivity contribution >= 4 is 0 Å². The Morgan fingerprint density at radius 1 is 0.638 bits per heavy atom. The lowest BCUT2D eigenvalue weighted by molar-refractivity contribution is -0.288. The first-order valence-electron chi connectivity index (χ1n) is 14.6. The third-order valence-corrected chi connectivity index (χ3v) is 7.12. The van der Waals surface area contributed by atoms with Crippen LogP contribution in [0.15, 0.2) is 48.5 Å². The average molecular weight is 673 g/mol. The lowest BCUT2D eigenvalue weighted by Crippen LogP contribution is -2.54. The Morgan fingerprint density at radius 3 is 1.30 bits per heavy atom. The molecule has 2 aliphatic heterocycles. The molecule has 2 heterocycles. The minimum Gasteiger partial charge on any atom is -0.491 e. The molecule has 256 valence electrons. The number of rotatable bonds is 20. The molecule has 0 bridgehead atoms. The van der Waals surface area contributed by atoms with Crippen molar-refractivity contribution in [1.29, 1.82) is 0 Å². The Hall–Kier alpha value is -3.50. The molecule has 0 radical (unpaired) electrons. The molecule has 2 aromatic carbocycles. The molecular weight excluding hydrogens is 638 g/mol. The summed E-state index contributed by atoms with van der Waals surface area (Å²) in [6.45, 7) is 1.58. The first-order valence-corrected chi connectivity index (χ1v) is 14.6. The first kappa shape index (κ1) is 36.3. The fourth-order valence-corrected chi connectivity index (χ4v) is 4.57. The van der Waals surface area contributed by atoms with Crippen molar-refractivity contribution in [3.63, 3.8) is 0 Å². The fraction of sp³-hybridized carbons (Fsp3) is 0.515. The van der Waals surface area contributed by atoms with E-state index in [2.05, 4.69) is 11.8 Å². The molecule has 8 nitrogen and oxygen atoms in total. The number of halogens is 6. The summed E-state index contributed by atoms with van der Waals surface area (Å²) in [4.78, 5) is 0. The number of hydrogen-bond acceptors (Lipinski definition) is 8. The Kier molecular flexibility index (Phi) is 12.8. The van der Waals surface area contributed by atoms with E-state index < -0.39 is 41.1 Å². The molecule has 4 rings (SSSR count). The van der Waals surface area contributed by atoms with Crippen molar-refractivity contribution in [2.75, 3.05) is 66.1 Å². The van der Waals surface area contributed by atoms with Crippen LogP contribution in [-0.4, -0.2) is 103 Å². The molecule has 2 saturated heterocycles. The lowest BCUT2D eigenvalue weighted by atomic mass is 9.73. The molecule has 0 amide bonds. The standard InChI is InChI=1S/C33H34F6O8/c1-3-13-40-15-27(44-19-29-21-46-29)17-42-25-9-5-23(6-10-25)31(32(34,35)36,33(37,38)39)24-7-11-26(12-8-24)43-18-28(16-41-14-4-2)45-20-30-22-47-30/h1-2,5-12,27-30H,13-22H2. The van der Waals surface area contributed by atoms with Crippen molar-refractivity contribution in [3.05, 3.63) is 59.7 Å². The van der Waals surface area contributed by atoms with Crippen molar-refractivity contribution < 1.29 is 64.2 Å². The molecule has 47 heavy (non-hydrogen) atoms. The van der Waals surface area contributed by atoms with Crippen LogP contribution in [0.4, 0.5) is 26.3 Å². The maximum Gasteiger partial charge on any atom is 0.411 e. The van der Waals surface area contributed by atoms with Crippen LogP contribution in [0.3, 0.4) is 0 Å². The van der Waals surface area contributed by atoms with Gasteiger partial charge in [-0.25, -0.2) is 0 Å². The number of hydrogen-bond donors (Lipinski definition) is 0. The van der Waals surface area contributed by atoms with Gasteiger partial charge < -0.3 is 37.9 Å². The maximum absolute atomic E-state index is 14.7. The van der Waals surface area contributed by atoms with Crippen LogP contribution >= 0.6 is 0 Å². The molecule has 4 atom stereocenters. The number of epoxide rings is 2. The van der Waals surface area contributed by atoms with Gasteiger partial charge in [-0.2, -0.15) is 26.3 Å². The number of benzene rings is 2. The van der Waals surface area contributed by atoms with Gasteiger partial charge in [0.2, 0.25) is 5.41 Å². The van der Waals surface area contributed by atoms with Crippen LogP contribution in [0, 0.1) is 24.7 Å². The molecule has 2 aromatic rings. The van der Waals surface area contributed by atoms with Crippen LogP contribution in [-0.2, 0) is 33.8 Å². The minimum atomic E-state index is -5.77. The highest BCUT2D eigenvalue weighted by Gasteiger charge is 2.72. The molecule has 0 saturated carbocycles. The third kappa shape index (κ3) is 10.2. The van der Waals surface area contributed by atoms with E-state index in [1.54, 1.807) is 0 Å². The van der Waals surface area contributed by atoms with Crippen molar-refractivity contribution in [2.45, 2.75) is 42.2 Å². The van der Waals surface area contributed by atoms with Gasteiger partial charge in [0.25, 0.3) is 0 Å². The summed E-state index contributed by atoms with van der Waals surface area (Å²) in [6.07, 6.45) is -2.50. The third-order valence-electron chi connectivity index (χ3n) is 7.12. The van der Waals surface area contributed by atoms with E-state index >= 15 is 0 Å². The molecule has 14 heteroatoms. The van der Waals surface area contributed by atoms with E-state index in [9.17, 15) is 26.3 Å². The second-order valence-corrected chi connectivity index (χ2v) is 10.7. The molecule has 2 aliphatic rings. The summed E-state index contributed by atoms with van der Waals surface area (Å²) in [7, 11) is 0. The zero-order chi connectivity index (χ0) is 33.9. The highest BCUT2D eigenvalue weighted by molar-refractivity contribution is 5.47. The van der Waals surface area contributed by atoms with Crippen molar-refractivity contribution in [3.8, 4) is 36.2 Å². The van der Waals surface area contributed by atoms with Gasteiger partial charge in [-0.15, -0.1) is 12.8 Å². The largest absolute Gasteiger partial charge is 0.491 e. The van der Waals surface area contributed by atoms with E-state index in [0.29, 0.717) is 13.2 Å². The van der Waals surface area contributed by atoms with E-state index in [1.165, 1.54) is 0 Å². The van der Waals surface area contributed by atoms with E-state index in [1.807, 2.05) is 0 Å². The Labute approximate surface area is 268 Å². The van der Waals surface area contributed by atoms with Gasteiger partial charge in [-0.3, -0.25) is 0 Å². The van der Waals surface area contributed by atoms with E-state index in [0.717, 1.165) is 48.5 Å². The molecule has 0 N–H and O–H groups in total. The average Bonchev–Trinajstić information content (AvgIpc) is 3.96. The second kappa shape index (κ2) is 16.6. The van der Waals surface area contributed by atoms with Crippen LogP contribution in [0.25, 0.3) is 0 Å². The summed E-state index contributed by atoms with van der Waals surface area (Å²) >= 11 is 0. The molecule has 0 aliphatic carbocycles. The lowest BCUT2D eigenvalue weighted by Gasteiger charge is -2.38. The number of alkyl halides is 6. The van der Waals surface area contributed by atoms with Crippen LogP contribution in [0.5, 0.6) is 11.5 Å². The van der Waals surface area contributed by atoms with Gasteiger partial charge in [0.1, 0.15) is 62.3 Å². The van der Waals surface area contributed by atoms with Gasteiger partial charge in [0, 0.05) is 0 Å². The Morgan fingerprint density at radius 2 is 1.00 bits per heavy atom. The minimum absolute atomic E-state index is 0.0197. The number of terminal acetylenes is 2. The second-order valence-electron chi connectivity index (χ2n) is 10.7. The van der Waals surface area contributed by atoms with E-state index in [4.69, 9.17) is 50.7 Å². The van der Waals surface area contributed by atoms with Gasteiger partial charge in [0.15, 0.2) is 0 Å². The zero-order valence-corrected chi connectivity index (χ0v) is 25.2. The van der Waals surface area contributed by atoms with E-state index in [-0.39, 0.29) is 76.6 Å². The van der Waals surface area contributed by atoms with Gasteiger partial charge in [-0.05, 0) is 35.4 Å². The number of ether oxygens (including phenoxy) is 8. The molecule has 4 unspecified atom stereocenters. The van der Waals surface area contributed by atoms with Gasteiger partial charge >= 0.3 is 12.4 Å². The van der Waals surface area contributed by atoms with Crippen LogP contribution in [0.2, 0.25) is 0 Å². The molecular formula is C33H34F6O8. The zero-order valence-electron chi connectivity index (χ0n) is 25.2. The quantitative estimate of drug-likeness (QED) is 0.0866. The van der Waals surface area contributed by atoms with Crippen LogP contribution < -0.4 is 9.47 Å². The molecule has 0 spiro atoms. The Balaban J connectivity index is 1.48. The summed E-state index contributed by atoms with van der Waals surface area (Å²) in [5.41, 5.74) is -6.44. The maximum atomic E-state index is 14.7. The monoisotopic (exact) mass is 672 g/mol. The highest BCUT2D eigenvalue weighted by atomic mass is 19.4. The van der Waals surface area contributed by atoms with Gasteiger partial charge in [-0.1, -0.05) is 36.1 Å². The summed E-state index contributed by atoms with van der Waals surface area (Å²) < 4.78 is 131. The SMILES string of the molecule is C#CCOCC(COc1ccc(C(c2ccc(OCC(COCC#C)OCC3CO3)cc2)(C(F)(F)F)C(F)(F)F)cc1)OCC1CO1. The topological polar surface area (TPSA) is 80.4 Å². The summed E-state index contributed by atoms with van der Waals surface area (Å²) in [5.74, 6) is 4.68. The Bertz CT molecular complexity index is 1220. The summed E-state index contributed by atoms with van der Waals surface area (Å²) in [5, 5.41) is 0. The summed E-state index contributed by atoms with van der Waals surface area (Å²) in [6, 6.07) is 7.12. The first-order chi connectivity index (χ1) is 22.5. The molecule has 0 aromatic heterocycles. The predicted molar refractivity (Wildman–Crippen MR) is 155 cm³/mol. The van der Waals surface area contributed by atoms with Crippen molar-refractivity contribution in [2.24, 2.45) is 0 Å². The van der Waals surface area contributed by atoms with Crippen molar-refractivity contribution in [1.82, 2.24) is 0 Å². The van der Waals surface area contributed by atoms with Crippen LogP contribution in [0.1, 0.15) is 11.1 Å². The molecule has 2 fully saturated rings. The van der Waals surface area contributed by atoms with Gasteiger partial charge in [0.05, 0.1) is 39.6 Å². The predicted octanol–water partition coefficient (Wildman–Crippen LogP) is 4.72.